The van der Waals surface area contributed by atoms with Crippen molar-refractivity contribution >= 4 is 17.6 Å². The van der Waals surface area contributed by atoms with E-state index in [0.717, 1.165) is 0 Å². The molecule has 4 nitrogen and oxygen atoms in total. The summed E-state index contributed by atoms with van der Waals surface area (Å²) in [6, 6.07) is 0. The molecule has 0 rings (SSSR count). The van der Waals surface area contributed by atoms with E-state index in [0.29, 0.717) is 32.2 Å². The summed E-state index contributed by atoms with van der Waals surface area (Å²) in [6.45, 7) is 6.54. The number of carbonyl (C=O) groups excluding carboxylic acids is 3. The lowest BCUT2D eigenvalue weighted by molar-refractivity contribution is -0.143. The van der Waals surface area contributed by atoms with Crippen molar-refractivity contribution in [2.75, 3.05) is 13.2 Å². The molecule has 0 atom stereocenters. The fourth-order valence-electron chi connectivity index (χ4n) is 1.48. The molecule has 0 fully saturated rings. The maximum Gasteiger partial charge on any atom is 0.228 e. The Morgan fingerprint density at radius 2 is 1.63 bits per heavy atom. The minimum Gasteiger partial charge on any atom is -0.297 e. The van der Waals surface area contributed by atoms with E-state index in [1.807, 2.05) is 13.8 Å². The molecular formula is C14H26FNO3. The number of imide groups is 1. The third-order valence-electron chi connectivity index (χ3n) is 2.47. The van der Waals surface area contributed by atoms with E-state index in [4.69, 9.17) is 0 Å². The van der Waals surface area contributed by atoms with Gasteiger partial charge in [0.05, 0.1) is 0 Å². The molecule has 0 bridgehead atoms. The number of carbonyl (C=O) groups is 3. The largest absolute Gasteiger partial charge is 0.297 e. The lowest BCUT2D eigenvalue weighted by Crippen LogP contribution is -2.35. The highest BCUT2D eigenvalue weighted by atomic mass is 19.1. The minimum absolute atomic E-state index is 0.183. The normalized spacial score (nSPS) is 9.32. The average Bonchev–Trinajstić information content (AvgIpc) is 2.43. The number of unbranched alkanes of at least 4 members (excludes halogenated alkanes) is 2. The quantitative estimate of drug-likeness (QED) is 0.640. The first-order valence-electron chi connectivity index (χ1n) is 6.91. The van der Waals surface area contributed by atoms with E-state index in [9.17, 15) is 18.8 Å². The molecule has 112 valence electrons. The van der Waals surface area contributed by atoms with E-state index in [1.54, 1.807) is 6.92 Å². The number of amides is 2. The Labute approximate surface area is 115 Å². The Morgan fingerprint density at radius 3 is 2.05 bits per heavy atom. The first kappa shape index (κ1) is 20.1. The van der Waals surface area contributed by atoms with Crippen LogP contribution in [-0.2, 0) is 14.4 Å². The number of nitrogens with zero attached hydrogens (tertiary/aromatic N) is 1. The van der Waals surface area contributed by atoms with Crippen LogP contribution in [0, 0.1) is 0 Å². The Bertz CT molecular complexity index is 280. The van der Waals surface area contributed by atoms with Gasteiger partial charge < -0.3 is 0 Å². The van der Waals surface area contributed by atoms with Gasteiger partial charge in [-0.2, -0.15) is 0 Å². The number of halogens is 1. The molecule has 0 radical (unpaired) electrons. The van der Waals surface area contributed by atoms with Crippen molar-refractivity contribution in [1.29, 1.82) is 0 Å². The highest BCUT2D eigenvalue weighted by Crippen LogP contribution is 2.04. The molecule has 0 N–H and O–H groups in total. The van der Waals surface area contributed by atoms with E-state index in [1.165, 1.54) is 11.8 Å². The van der Waals surface area contributed by atoms with Crippen LogP contribution in [0.4, 0.5) is 4.39 Å². The van der Waals surface area contributed by atoms with E-state index < -0.39 is 12.5 Å². The van der Waals surface area contributed by atoms with Crippen LogP contribution in [0.15, 0.2) is 0 Å². The van der Waals surface area contributed by atoms with Gasteiger partial charge in [0.2, 0.25) is 11.8 Å². The predicted molar refractivity (Wildman–Crippen MR) is 73.5 cm³/mol. The summed E-state index contributed by atoms with van der Waals surface area (Å²) >= 11 is 0. The first-order chi connectivity index (χ1) is 9.02. The lowest BCUT2D eigenvalue weighted by atomic mass is 10.1. The number of alkyl halides is 1. The Hall–Kier alpha value is -1.26. The summed E-state index contributed by atoms with van der Waals surface area (Å²) < 4.78 is 11.8. The summed E-state index contributed by atoms with van der Waals surface area (Å²) in [5.41, 5.74) is 0. The molecule has 0 aliphatic rings. The summed E-state index contributed by atoms with van der Waals surface area (Å²) in [7, 11) is 0. The third-order valence-corrected chi connectivity index (χ3v) is 2.47. The van der Waals surface area contributed by atoms with Crippen LogP contribution >= 0.6 is 0 Å². The second kappa shape index (κ2) is 13.2. The van der Waals surface area contributed by atoms with Gasteiger partial charge in [0.15, 0.2) is 5.78 Å². The topological polar surface area (TPSA) is 54.5 Å². The lowest BCUT2D eigenvalue weighted by Gasteiger charge is -2.18. The monoisotopic (exact) mass is 275 g/mol. The molecule has 0 heterocycles. The molecule has 0 aromatic carbocycles. The standard InChI is InChI=1S/C12H20FNO3.C2H6/c1-3-12(17)14(10(2)15)8-6-4-5-7-11(16)9-13;1-2/h3-9H2,1-2H3;1-2H3. The predicted octanol–water partition coefficient (Wildman–Crippen LogP) is 2.90. The molecule has 0 spiro atoms. The van der Waals surface area contributed by atoms with Crippen LogP contribution in [-0.4, -0.2) is 35.7 Å². The van der Waals surface area contributed by atoms with Gasteiger partial charge in [-0.1, -0.05) is 27.2 Å². The highest BCUT2D eigenvalue weighted by Gasteiger charge is 2.14. The third kappa shape index (κ3) is 10.4. The number of ketones is 1. The minimum atomic E-state index is -0.909. The highest BCUT2D eigenvalue weighted by molar-refractivity contribution is 5.93. The van der Waals surface area contributed by atoms with Crippen LogP contribution in [0.2, 0.25) is 0 Å². The molecule has 19 heavy (non-hydrogen) atoms. The fourth-order valence-corrected chi connectivity index (χ4v) is 1.48. The summed E-state index contributed by atoms with van der Waals surface area (Å²) in [4.78, 5) is 34.4. The van der Waals surface area contributed by atoms with E-state index in [-0.39, 0.29) is 18.2 Å². The SMILES string of the molecule is CC.CCC(=O)N(CCCCCC(=O)CF)C(C)=O. The molecule has 0 saturated heterocycles. The zero-order chi connectivity index (χ0) is 15.3. The summed E-state index contributed by atoms with van der Waals surface area (Å²) in [5, 5.41) is 0. The fraction of sp³-hybridized carbons (Fsp3) is 0.786. The van der Waals surface area contributed by atoms with Crippen molar-refractivity contribution in [1.82, 2.24) is 4.90 Å². The van der Waals surface area contributed by atoms with E-state index in [2.05, 4.69) is 0 Å². The van der Waals surface area contributed by atoms with Gasteiger partial charge in [0.1, 0.15) is 6.67 Å². The number of Topliss-reactive ketones (excluding diaryl/α,β-unsaturated/α-hetero) is 1. The van der Waals surface area contributed by atoms with Crippen LogP contribution in [0.1, 0.15) is 59.8 Å². The van der Waals surface area contributed by atoms with Crippen LogP contribution < -0.4 is 0 Å². The van der Waals surface area contributed by atoms with Crippen LogP contribution in [0.5, 0.6) is 0 Å². The van der Waals surface area contributed by atoms with Gasteiger partial charge in [-0.3, -0.25) is 19.3 Å². The molecule has 2 amide bonds. The molecule has 0 aliphatic carbocycles. The Balaban J connectivity index is 0. The average molecular weight is 275 g/mol. The van der Waals surface area contributed by atoms with Gasteiger partial charge in [-0.25, -0.2) is 4.39 Å². The first-order valence-corrected chi connectivity index (χ1v) is 6.91. The smallest absolute Gasteiger partial charge is 0.228 e. The molecule has 5 heteroatoms. The van der Waals surface area contributed by atoms with Gasteiger partial charge in [-0.05, 0) is 12.8 Å². The summed E-state index contributed by atoms with van der Waals surface area (Å²) in [6.07, 6.45) is 2.52. The maximum absolute atomic E-state index is 11.8. The van der Waals surface area contributed by atoms with Crippen molar-refractivity contribution in [3.8, 4) is 0 Å². The van der Waals surface area contributed by atoms with Crippen molar-refractivity contribution in [3.05, 3.63) is 0 Å². The second-order valence-corrected chi connectivity index (χ2v) is 3.90. The molecule has 0 aromatic heterocycles. The Morgan fingerprint density at radius 1 is 1.05 bits per heavy atom. The molecule has 0 unspecified atom stereocenters. The van der Waals surface area contributed by atoms with Crippen molar-refractivity contribution in [2.45, 2.75) is 59.8 Å². The molecule has 0 aliphatic heterocycles. The molecular weight excluding hydrogens is 249 g/mol. The molecule has 0 saturated carbocycles. The van der Waals surface area contributed by atoms with Crippen molar-refractivity contribution in [3.63, 3.8) is 0 Å². The molecule has 0 aromatic rings. The van der Waals surface area contributed by atoms with Gasteiger partial charge >= 0.3 is 0 Å². The van der Waals surface area contributed by atoms with Crippen molar-refractivity contribution < 1.29 is 18.8 Å². The van der Waals surface area contributed by atoms with Crippen molar-refractivity contribution in [2.24, 2.45) is 0 Å². The number of hydrogen-bond acceptors (Lipinski definition) is 3. The van der Waals surface area contributed by atoms with E-state index >= 15 is 0 Å². The zero-order valence-electron chi connectivity index (χ0n) is 12.5. The second-order valence-electron chi connectivity index (χ2n) is 3.90. The Kier molecular flexibility index (Phi) is 13.9. The zero-order valence-corrected chi connectivity index (χ0v) is 12.5. The number of rotatable bonds is 8. The van der Waals surface area contributed by atoms with Gasteiger partial charge in [0.25, 0.3) is 0 Å². The summed E-state index contributed by atoms with van der Waals surface area (Å²) in [5.74, 6) is -0.827. The van der Waals surface area contributed by atoms with Gasteiger partial charge in [-0.15, -0.1) is 0 Å². The van der Waals surface area contributed by atoms with Crippen LogP contribution in [0.3, 0.4) is 0 Å². The van der Waals surface area contributed by atoms with Crippen LogP contribution in [0.25, 0.3) is 0 Å². The number of hydrogen-bond donors (Lipinski definition) is 0. The van der Waals surface area contributed by atoms with Gasteiger partial charge in [0, 0.05) is 26.3 Å². The maximum atomic E-state index is 11.8.